The van der Waals surface area contributed by atoms with Gasteiger partial charge in [0.25, 0.3) is 5.95 Å². The predicted octanol–water partition coefficient (Wildman–Crippen LogP) is 4.22. The molecule has 0 unspecified atom stereocenters. The monoisotopic (exact) mass is 470 g/mol. The van der Waals surface area contributed by atoms with Gasteiger partial charge in [-0.15, -0.1) is 5.10 Å². The predicted molar refractivity (Wildman–Crippen MR) is 131 cm³/mol. The second-order valence-electron chi connectivity index (χ2n) is 8.38. The van der Waals surface area contributed by atoms with E-state index in [0.717, 1.165) is 27.9 Å². The number of hydrogen-bond donors (Lipinski definition) is 1. The highest BCUT2D eigenvalue weighted by Gasteiger charge is 2.35. The molecule has 0 radical (unpaired) electrons. The van der Waals surface area contributed by atoms with Crippen LogP contribution >= 0.6 is 0 Å². The molecule has 4 aromatic rings. The summed E-state index contributed by atoms with van der Waals surface area (Å²) >= 11 is 0. The van der Waals surface area contributed by atoms with Gasteiger partial charge in [0, 0.05) is 29.0 Å². The second kappa shape index (κ2) is 9.17. The van der Waals surface area contributed by atoms with E-state index < -0.39 is 0 Å². The normalized spacial score (nSPS) is 14.9. The summed E-state index contributed by atoms with van der Waals surface area (Å²) in [7, 11) is 1.61. The van der Waals surface area contributed by atoms with Crippen LogP contribution in [0.2, 0.25) is 0 Å². The molecule has 0 saturated carbocycles. The first-order valence-electron chi connectivity index (χ1n) is 11.5. The van der Waals surface area contributed by atoms with Gasteiger partial charge in [-0.05, 0) is 26.8 Å². The molecule has 1 aliphatic rings. The molecule has 178 valence electrons. The van der Waals surface area contributed by atoms with Gasteiger partial charge >= 0.3 is 0 Å². The number of benzene rings is 2. The third kappa shape index (κ3) is 4.09. The van der Waals surface area contributed by atoms with Crippen molar-refractivity contribution in [2.45, 2.75) is 33.1 Å². The van der Waals surface area contributed by atoms with Crippen molar-refractivity contribution >= 4 is 11.7 Å². The van der Waals surface area contributed by atoms with Crippen LogP contribution in [0.5, 0.6) is 11.5 Å². The van der Waals surface area contributed by atoms with Gasteiger partial charge in [0.2, 0.25) is 5.91 Å². The fourth-order valence-corrected chi connectivity index (χ4v) is 4.47. The first-order valence-corrected chi connectivity index (χ1v) is 11.5. The van der Waals surface area contributed by atoms with Gasteiger partial charge in [-0.1, -0.05) is 42.0 Å². The van der Waals surface area contributed by atoms with Crippen molar-refractivity contribution in [2.75, 3.05) is 19.0 Å². The van der Waals surface area contributed by atoms with Crippen molar-refractivity contribution in [3.63, 3.8) is 0 Å². The highest BCUT2D eigenvalue weighted by Crippen LogP contribution is 2.45. The van der Waals surface area contributed by atoms with Crippen LogP contribution in [0.1, 0.15) is 41.6 Å². The molecule has 0 bridgehead atoms. The summed E-state index contributed by atoms with van der Waals surface area (Å²) in [6.07, 6.45) is 1.87. The number of hydrogen-bond acceptors (Lipinski definition) is 7. The number of fused-ring (bicyclic) bond motifs is 1. The Morgan fingerprint density at radius 1 is 1.14 bits per heavy atom. The van der Waals surface area contributed by atoms with E-state index in [1.165, 1.54) is 0 Å². The number of carbonyl (C=O) groups is 1. The van der Waals surface area contributed by atoms with Crippen LogP contribution in [0.15, 0.2) is 48.7 Å². The van der Waals surface area contributed by atoms with Crippen molar-refractivity contribution in [1.82, 2.24) is 25.0 Å². The molecule has 9 heteroatoms. The van der Waals surface area contributed by atoms with E-state index in [1.807, 2.05) is 63.2 Å². The number of rotatable bonds is 6. The van der Waals surface area contributed by atoms with E-state index in [9.17, 15) is 4.79 Å². The molecule has 1 aliphatic heterocycles. The second-order valence-corrected chi connectivity index (χ2v) is 8.38. The molecular weight excluding hydrogens is 444 g/mol. The average Bonchev–Trinajstić information content (AvgIpc) is 3.20. The lowest BCUT2D eigenvalue weighted by Gasteiger charge is -2.26. The fraction of sp³-hybridized carbons (Fsp3) is 0.269. The smallest absolute Gasteiger partial charge is 0.272 e. The molecule has 1 atom stereocenters. The minimum Gasteiger partial charge on any atom is -0.493 e. The maximum absolute atomic E-state index is 12.9. The summed E-state index contributed by atoms with van der Waals surface area (Å²) in [4.78, 5) is 17.6. The van der Waals surface area contributed by atoms with Gasteiger partial charge in [0.05, 0.1) is 31.3 Å². The highest BCUT2D eigenvalue weighted by molar-refractivity contribution is 5.95. The third-order valence-electron chi connectivity index (χ3n) is 6.08. The van der Waals surface area contributed by atoms with Crippen molar-refractivity contribution < 1.29 is 14.3 Å². The Morgan fingerprint density at radius 2 is 1.94 bits per heavy atom. The zero-order valence-electron chi connectivity index (χ0n) is 20.1. The van der Waals surface area contributed by atoms with E-state index in [0.29, 0.717) is 29.6 Å². The van der Waals surface area contributed by atoms with E-state index in [4.69, 9.17) is 19.6 Å². The van der Waals surface area contributed by atoms with Crippen LogP contribution in [-0.4, -0.2) is 44.6 Å². The van der Waals surface area contributed by atoms with E-state index in [1.54, 1.807) is 18.0 Å². The molecular formula is C26H26N6O3. The zero-order chi connectivity index (χ0) is 24.5. The van der Waals surface area contributed by atoms with Crippen molar-refractivity contribution in [3.8, 4) is 28.7 Å². The van der Waals surface area contributed by atoms with Gasteiger partial charge in [-0.3, -0.25) is 4.79 Å². The number of nitrogens with one attached hydrogen (secondary N) is 1. The summed E-state index contributed by atoms with van der Waals surface area (Å²) < 4.78 is 13.0. The van der Waals surface area contributed by atoms with E-state index >= 15 is 0 Å². The zero-order valence-corrected chi connectivity index (χ0v) is 20.1. The van der Waals surface area contributed by atoms with Gasteiger partial charge < -0.3 is 14.8 Å². The van der Waals surface area contributed by atoms with Crippen molar-refractivity contribution in [2.24, 2.45) is 0 Å². The topological polar surface area (TPSA) is 104 Å². The Balaban J connectivity index is 1.63. The number of nitrogens with zero attached hydrogens (tertiary/aromatic N) is 5. The van der Waals surface area contributed by atoms with Crippen molar-refractivity contribution in [1.29, 1.82) is 0 Å². The Hall–Kier alpha value is -4.27. The lowest BCUT2D eigenvalue weighted by molar-refractivity contribution is -0.116. The van der Waals surface area contributed by atoms with E-state index in [-0.39, 0.29) is 24.2 Å². The molecule has 1 amide bonds. The van der Waals surface area contributed by atoms with Gasteiger partial charge in [0.15, 0.2) is 11.5 Å². The summed E-state index contributed by atoms with van der Waals surface area (Å²) in [5, 5.41) is 16.0. The minimum atomic E-state index is -0.266. The molecule has 0 saturated heterocycles. The largest absolute Gasteiger partial charge is 0.493 e. The summed E-state index contributed by atoms with van der Waals surface area (Å²) in [5.41, 5.74) is 5.27. The number of ether oxygens (including phenoxy) is 2. The molecule has 3 heterocycles. The molecule has 1 N–H and O–H groups in total. The van der Waals surface area contributed by atoms with Crippen LogP contribution in [-0.2, 0) is 4.79 Å². The number of carbonyl (C=O) groups excluding carboxylic acids is 1. The Kier molecular flexibility index (Phi) is 5.90. The highest BCUT2D eigenvalue weighted by atomic mass is 16.5. The fourth-order valence-electron chi connectivity index (χ4n) is 4.47. The average molecular weight is 471 g/mol. The number of para-hydroxylation sites is 1. The number of aryl methyl sites for hydroxylation is 2. The number of methoxy groups -OCH3 is 1. The Bertz CT molecular complexity index is 1400. The van der Waals surface area contributed by atoms with Crippen LogP contribution < -0.4 is 14.8 Å². The number of aromatic nitrogens is 5. The molecule has 2 aromatic carbocycles. The van der Waals surface area contributed by atoms with Crippen LogP contribution in [0.3, 0.4) is 0 Å². The van der Waals surface area contributed by atoms with Gasteiger partial charge in [-0.2, -0.15) is 14.9 Å². The Labute approximate surface area is 203 Å². The first-order chi connectivity index (χ1) is 17.0. The summed E-state index contributed by atoms with van der Waals surface area (Å²) in [6, 6.07) is 13.7. The van der Waals surface area contributed by atoms with Crippen LogP contribution in [0.25, 0.3) is 17.2 Å². The maximum atomic E-state index is 12.9. The molecule has 9 nitrogen and oxygen atoms in total. The third-order valence-corrected chi connectivity index (χ3v) is 6.08. The molecule has 0 aliphatic carbocycles. The summed E-state index contributed by atoms with van der Waals surface area (Å²) in [5.74, 6) is 1.68. The molecule has 2 aromatic heterocycles. The molecule has 0 fully saturated rings. The molecule has 35 heavy (non-hydrogen) atoms. The van der Waals surface area contributed by atoms with Gasteiger partial charge in [0.1, 0.15) is 5.82 Å². The quantitative estimate of drug-likeness (QED) is 0.450. The minimum absolute atomic E-state index is 0.128. The lowest BCUT2D eigenvalue weighted by atomic mass is 9.85. The number of amides is 1. The Morgan fingerprint density at radius 3 is 2.69 bits per heavy atom. The van der Waals surface area contributed by atoms with Crippen LogP contribution in [0.4, 0.5) is 5.82 Å². The van der Waals surface area contributed by atoms with Crippen molar-refractivity contribution in [3.05, 3.63) is 71.0 Å². The SMILES string of the molecule is CCOc1c(OC)cccc1[C@H]1CC(=O)Nc2c1c(C)nn2-c1nncc(-c2ccc(C)cc2)n1. The van der Waals surface area contributed by atoms with Gasteiger partial charge in [-0.25, -0.2) is 4.98 Å². The molecule has 5 rings (SSSR count). The lowest BCUT2D eigenvalue weighted by Crippen LogP contribution is -2.25. The number of anilines is 1. The van der Waals surface area contributed by atoms with E-state index in [2.05, 4.69) is 15.5 Å². The summed E-state index contributed by atoms with van der Waals surface area (Å²) in [6.45, 7) is 6.34. The maximum Gasteiger partial charge on any atom is 0.272 e. The standard InChI is InChI=1S/C26H26N6O3/c1-5-35-24-18(7-6-8-21(24)34-4)19-13-22(33)29-25-23(19)16(3)31-32(25)26-28-20(14-27-30-26)17-11-9-15(2)10-12-17/h6-12,14,19H,5,13H2,1-4H3,(H,29,33)/t19-/m1/s1. The van der Waals surface area contributed by atoms with Crippen LogP contribution in [0, 0.1) is 13.8 Å². The first kappa shape index (κ1) is 22.5. The molecule has 0 spiro atoms.